The first kappa shape index (κ1) is 12.2. The van der Waals surface area contributed by atoms with Gasteiger partial charge in [0.15, 0.2) is 0 Å². The fraction of sp³-hybridized carbons (Fsp3) is 0.917. The second-order valence-electron chi connectivity index (χ2n) is 4.92. The van der Waals surface area contributed by atoms with Crippen molar-refractivity contribution in [2.75, 3.05) is 31.9 Å². The van der Waals surface area contributed by atoms with Crippen LogP contribution in [-0.4, -0.2) is 48.0 Å². The molecule has 0 aromatic carbocycles. The predicted octanol–water partition coefficient (Wildman–Crippen LogP) is 1.34. The molecule has 2 rings (SSSR count). The smallest absolute Gasteiger partial charge is 0.222 e. The van der Waals surface area contributed by atoms with E-state index in [2.05, 4.69) is 17.1 Å². The number of nitrogens with zero attached hydrogens (tertiary/aromatic N) is 1. The maximum absolute atomic E-state index is 12.0. The second kappa shape index (κ2) is 5.92. The summed E-state index contributed by atoms with van der Waals surface area (Å²) in [7, 11) is 0. The number of hydrogen-bond donors (Lipinski definition) is 1. The Morgan fingerprint density at radius 1 is 1.56 bits per heavy atom. The number of amides is 1. The van der Waals surface area contributed by atoms with Crippen molar-refractivity contribution >= 4 is 17.7 Å². The van der Waals surface area contributed by atoms with E-state index in [0.29, 0.717) is 11.2 Å². The van der Waals surface area contributed by atoms with Crippen molar-refractivity contribution in [1.82, 2.24) is 10.2 Å². The lowest BCUT2D eigenvalue weighted by Crippen LogP contribution is -2.41. The molecule has 2 heterocycles. The van der Waals surface area contributed by atoms with E-state index in [1.165, 1.54) is 6.42 Å². The molecule has 2 aliphatic rings. The number of thioether (sulfide) groups is 1. The molecule has 2 saturated heterocycles. The average Bonchev–Trinajstić information content (AvgIpc) is 2.78. The zero-order chi connectivity index (χ0) is 11.4. The third-order valence-electron chi connectivity index (χ3n) is 3.52. The molecule has 2 aliphatic heterocycles. The summed E-state index contributed by atoms with van der Waals surface area (Å²) in [4.78, 5) is 14.1. The number of rotatable bonds is 3. The Morgan fingerprint density at radius 2 is 2.44 bits per heavy atom. The minimum absolute atomic E-state index is 0.374. The van der Waals surface area contributed by atoms with Gasteiger partial charge in [0.1, 0.15) is 0 Å². The fourth-order valence-corrected chi connectivity index (χ4v) is 3.51. The quantitative estimate of drug-likeness (QED) is 0.810. The van der Waals surface area contributed by atoms with Crippen LogP contribution >= 0.6 is 11.8 Å². The van der Waals surface area contributed by atoms with Gasteiger partial charge in [0.05, 0.1) is 0 Å². The SMILES string of the molecule is CC1CN(C(=O)CCC2CCNC2)CCS1. The van der Waals surface area contributed by atoms with E-state index in [4.69, 9.17) is 0 Å². The molecule has 0 bridgehead atoms. The average molecular weight is 242 g/mol. The first-order valence-corrected chi connectivity index (χ1v) is 7.40. The van der Waals surface area contributed by atoms with Gasteiger partial charge in [-0.05, 0) is 31.8 Å². The summed E-state index contributed by atoms with van der Waals surface area (Å²) in [6.45, 7) is 6.37. The van der Waals surface area contributed by atoms with Gasteiger partial charge >= 0.3 is 0 Å². The predicted molar refractivity (Wildman–Crippen MR) is 68.7 cm³/mol. The topological polar surface area (TPSA) is 32.3 Å². The van der Waals surface area contributed by atoms with Gasteiger partial charge in [-0.15, -0.1) is 0 Å². The van der Waals surface area contributed by atoms with E-state index in [1.807, 2.05) is 11.8 Å². The largest absolute Gasteiger partial charge is 0.341 e. The fourth-order valence-electron chi connectivity index (χ4n) is 2.49. The Bertz CT molecular complexity index is 241. The molecule has 0 aliphatic carbocycles. The highest BCUT2D eigenvalue weighted by Gasteiger charge is 2.22. The van der Waals surface area contributed by atoms with Crippen LogP contribution < -0.4 is 5.32 Å². The first-order valence-electron chi connectivity index (χ1n) is 6.36. The zero-order valence-corrected chi connectivity index (χ0v) is 10.9. The van der Waals surface area contributed by atoms with E-state index in [9.17, 15) is 4.79 Å². The standard InChI is InChI=1S/C12H22N2OS/c1-10-9-14(6-7-16-10)12(15)3-2-11-4-5-13-8-11/h10-11,13H,2-9H2,1H3. The van der Waals surface area contributed by atoms with E-state index in [1.54, 1.807) is 0 Å². The van der Waals surface area contributed by atoms with Crippen LogP contribution in [0.1, 0.15) is 26.2 Å². The first-order chi connectivity index (χ1) is 7.75. The Morgan fingerprint density at radius 3 is 3.12 bits per heavy atom. The lowest BCUT2D eigenvalue weighted by atomic mass is 10.0. The number of hydrogen-bond acceptors (Lipinski definition) is 3. The number of carbonyl (C=O) groups is 1. The molecule has 2 fully saturated rings. The van der Waals surface area contributed by atoms with Crippen LogP contribution in [0.4, 0.5) is 0 Å². The molecular formula is C12H22N2OS. The number of nitrogens with one attached hydrogen (secondary N) is 1. The van der Waals surface area contributed by atoms with Crippen molar-refractivity contribution in [1.29, 1.82) is 0 Å². The normalized spacial score (nSPS) is 30.7. The minimum atomic E-state index is 0.374. The van der Waals surface area contributed by atoms with Crippen molar-refractivity contribution in [3.8, 4) is 0 Å². The third-order valence-corrected chi connectivity index (χ3v) is 4.66. The van der Waals surface area contributed by atoms with E-state index in [-0.39, 0.29) is 0 Å². The van der Waals surface area contributed by atoms with Crippen LogP contribution in [-0.2, 0) is 4.79 Å². The monoisotopic (exact) mass is 242 g/mol. The molecule has 0 saturated carbocycles. The summed E-state index contributed by atoms with van der Waals surface area (Å²) in [5, 5.41) is 3.97. The van der Waals surface area contributed by atoms with Crippen molar-refractivity contribution in [3.63, 3.8) is 0 Å². The summed E-state index contributed by atoms with van der Waals surface area (Å²) in [5.41, 5.74) is 0. The molecule has 0 radical (unpaired) electrons. The van der Waals surface area contributed by atoms with E-state index < -0.39 is 0 Å². The van der Waals surface area contributed by atoms with Crippen molar-refractivity contribution in [2.24, 2.45) is 5.92 Å². The maximum atomic E-state index is 12.0. The number of carbonyl (C=O) groups excluding carboxylic acids is 1. The van der Waals surface area contributed by atoms with Gasteiger partial charge in [-0.2, -0.15) is 11.8 Å². The van der Waals surface area contributed by atoms with Crippen molar-refractivity contribution in [2.45, 2.75) is 31.4 Å². The zero-order valence-electron chi connectivity index (χ0n) is 10.1. The molecule has 16 heavy (non-hydrogen) atoms. The Hall–Kier alpha value is -0.220. The molecule has 3 nitrogen and oxygen atoms in total. The van der Waals surface area contributed by atoms with E-state index in [0.717, 1.165) is 50.7 Å². The molecule has 2 atom stereocenters. The molecule has 92 valence electrons. The van der Waals surface area contributed by atoms with Crippen LogP contribution in [0, 0.1) is 5.92 Å². The van der Waals surface area contributed by atoms with Gasteiger partial charge in [-0.25, -0.2) is 0 Å². The lowest BCUT2D eigenvalue weighted by Gasteiger charge is -2.30. The molecule has 0 spiro atoms. The van der Waals surface area contributed by atoms with Crippen LogP contribution in [0.15, 0.2) is 0 Å². The summed E-state index contributed by atoms with van der Waals surface area (Å²) < 4.78 is 0. The van der Waals surface area contributed by atoms with Gasteiger partial charge in [-0.1, -0.05) is 6.92 Å². The summed E-state index contributed by atoms with van der Waals surface area (Å²) in [6, 6.07) is 0. The van der Waals surface area contributed by atoms with E-state index >= 15 is 0 Å². The van der Waals surface area contributed by atoms with Crippen LogP contribution in [0.5, 0.6) is 0 Å². The van der Waals surface area contributed by atoms with Gasteiger partial charge in [0.2, 0.25) is 5.91 Å². The molecule has 1 amide bonds. The van der Waals surface area contributed by atoms with Crippen LogP contribution in [0.25, 0.3) is 0 Å². The molecule has 4 heteroatoms. The van der Waals surface area contributed by atoms with Crippen LogP contribution in [0.3, 0.4) is 0 Å². The summed E-state index contributed by atoms with van der Waals surface area (Å²) in [6.07, 6.45) is 3.08. The van der Waals surface area contributed by atoms with Gasteiger partial charge in [-0.3, -0.25) is 4.79 Å². The lowest BCUT2D eigenvalue weighted by molar-refractivity contribution is -0.131. The summed E-state index contributed by atoms with van der Waals surface area (Å²) in [5.74, 6) is 2.22. The highest BCUT2D eigenvalue weighted by Crippen LogP contribution is 2.20. The highest BCUT2D eigenvalue weighted by molar-refractivity contribution is 7.99. The van der Waals surface area contributed by atoms with Gasteiger partial charge in [0, 0.05) is 30.5 Å². The molecule has 1 N–H and O–H groups in total. The Labute approximate surface area is 102 Å². The van der Waals surface area contributed by atoms with Crippen LogP contribution in [0.2, 0.25) is 0 Å². The second-order valence-corrected chi connectivity index (χ2v) is 6.46. The summed E-state index contributed by atoms with van der Waals surface area (Å²) >= 11 is 1.98. The van der Waals surface area contributed by atoms with Crippen molar-refractivity contribution < 1.29 is 4.79 Å². The molecule has 2 unspecified atom stereocenters. The van der Waals surface area contributed by atoms with Gasteiger partial charge < -0.3 is 10.2 Å². The highest BCUT2D eigenvalue weighted by atomic mass is 32.2. The molecular weight excluding hydrogens is 220 g/mol. The molecule has 0 aromatic heterocycles. The Balaban J connectivity index is 1.70. The molecule has 0 aromatic rings. The maximum Gasteiger partial charge on any atom is 0.222 e. The third kappa shape index (κ3) is 3.39. The van der Waals surface area contributed by atoms with Crippen molar-refractivity contribution in [3.05, 3.63) is 0 Å². The van der Waals surface area contributed by atoms with Gasteiger partial charge in [0.25, 0.3) is 0 Å². The minimum Gasteiger partial charge on any atom is -0.341 e. The Kier molecular flexibility index (Phi) is 4.53.